The molecule has 0 aliphatic rings. The molecule has 0 spiro atoms. The molecule has 5 heteroatoms. The Labute approximate surface area is 152 Å². The molecule has 0 atom stereocenters. The van der Waals surface area contributed by atoms with Gasteiger partial charge in [0.2, 0.25) is 0 Å². The normalized spacial score (nSPS) is 10.7. The SMILES string of the molecule is COCCNCc1cc(Br)c(OCc2ccc(C)cc2)c(OC)c1. The molecule has 1 N–H and O–H groups in total. The molecule has 0 fully saturated rings. The Hall–Kier alpha value is -1.56. The van der Waals surface area contributed by atoms with Crippen LogP contribution in [0.5, 0.6) is 11.5 Å². The monoisotopic (exact) mass is 393 g/mol. The predicted octanol–water partition coefficient (Wildman–Crippen LogP) is 4.08. The van der Waals surface area contributed by atoms with E-state index in [0.717, 1.165) is 40.2 Å². The zero-order valence-electron chi connectivity index (χ0n) is 14.4. The van der Waals surface area contributed by atoms with E-state index in [4.69, 9.17) is 14.2 Å². The topological polar surface area (TPSA) is 39.7 Å². The first-order valence-corrected chi connectivity index (χ1v) is 8.67. The number of ether oxygens (including phenoxy) is 3. The smallest absolute Gasteiger partial charge is 0.175 e. The Morgan fingerprint density at radius 2 is 1.79 bits per heavy atom. The highest BCUT2D eigenvalue weighted by Gasteiger charge is 2.12. The van der Waals surface area contributed by atoms with Crippen LogP contribution in [-0.2, 0) is 17.9 Å². The minimum atomic E-state index is 0.501. The molecule has 0 radical (unpaired) electrons. The highest BCUT2D eigenvalue weighted by Crippen LogP contribution is 2.37. The maximum absolute atomic E-state index is 5.97. The summed E-state index contributed by atoms with van der Waals surface area (Å²) in [5.74, 6) is 1.44. The fourth-order valence-electron chi connectivity index (χ4n) is 2.26. The molecular weight excluding hydrogens is 370 g/mol. The van der Waals surface area contributed by atoms with Crippen molar-refractivity contribution < 1.29 is 14.2 Å². The van der Waals surface area contributed by atoms with Gasteiger partial charge in [-0.2, -0.15) is 0 Å². The van der Waals surface area contributed by atoms with Crippen LogP contribution in [0.25, 0.3) is 0 Å². The third kappa shape index (κ3) is 5.51. The van der Waals surface area contributed by atoms with Crippen molar-refractivity contribution in [3.05, 3.63) is 57.6 Å². The van der Waals surface area contributed by atoms with E-state index in [0.29, 0.717) is 13.2 Å². The van der Waals surface area contributed by atoms with Crippen LogP contribution in [0.4, 0.5) is 0 Å². The van der Waals surface area contributed by atoms with Gasteiger partial charge in [0, 0.05) is 20.2 Å². The second-order valence-corrected chi connectivity index (χ2v) is 6.41. The molecule has 2 rings (SSSR count). The highest BCUT2D eigenvalue weighted by molar-refractivity contribution is 9.10. The van der Waals surface area contributed by atoms with E-state index in [1.807, 2.05) is 12.1 Å². The predicted molar refractivity (Wildman–Crippen MR) is 99.8 cm³/mol. The molecule has 24 heavy (non-hydrogen) atoms. The maximum atomic E-state index is 5.97. The fourth-order valence-corrected chi connectivity index (χ4v) is 2.87. The lowest BCUT2D eigenvalue weighted by Crippen LogP contribution is -2.18. The van der Waals surface area contributed by atoms with Crippen LogP contribution in [0, 0.1) is 6.92 Å². The van der Waals surface area contributed by atoms with Crippen molar-refractivity contribution >= 4 is 15.9 Å². The Kier molecular flexibility index (Phi) is 7.56. The molecule has 130 valence electrons. The zero-order valence-corrected chi connectivity index (χ0v) is 16.0. The van der Waals surface area contributed by atoms with Crippen molar-refractivity contribution in [1.29, 1.82) is 0 Å². The van der Waals surface area contributed by atoms with Crippen molar-refractivity contribution in [2.75, 3.05) is 27.4 Å². The summed E-state index contributed by atoms with van der Waals surface area (Å²) in [5.41, 5.74) is 3.49. The molecule has 0 aliphatic carbocycles. The number of methoxy groups -OCH3 is 2. The summed E-state index contributed by atoms with van der Waals surface area (Å²) in [4.78, 5) is 0. The molecule has 0 bridgehead atoms. The lowest BCUT2D eigenvalue weighted by atomic mass is 10.1. The van der Waals surface area contributed by atoms with E-state index < -0.39 is 0 Å². The number of hydrogen-bond acceptors (Lipinski definition) is 4. The van der Waals surface area contributed by atoms with E-state index in [1.54, 1.807) is 14.2 Å². The molecule has 0 saturated carbocycles. The van der Waals surface area contributed by atoms with Crippen LogP contribution in [0.1, 0.15) is 16.7 Å². The van der Waals surface area contributed by atoms with Gasteiger partial charge in [-0.1, -0.05) is 29.8 Å². The molecule has 0 heterocycles. The summed E-state index contributed by atoms with van der Waals surface area (Å²) in [6.07, 6.45) is 0. The number of nitrogens with one attached hydrogen (secondary N) is 1. The minimum absolute atomic E-state index is 0.501. The number of halogens is 1. The number of hydrogen-bond donors (Lipinski definition) is 1. The molecule has 0 aromatic heterocycles. The molecule has 0 unspecified atom stereocenters. The van der Waals surface area contributed by atoms with Crippen molar-refractivity contribution in [3.63, 3.8) is 0 Å². The molecule has 2 aromatic carbocycles. The molecular formula is C19H24BrNO3. The van der Waals surface area contributed by atoms with Gasteiger partial charge in [0.15, 0.2) is 11.5 Å². The second-order valence-electron chi connectivity index (χ2n) is 5.55. The van der Waals surface area contributed by atoms with E-state index in [1.165, 1.54) is 5.56 Å². The Morgan fingerprint density at radius 1 is 1.04 bits per heavy atom. The van der Waals surface area contributed by atoms with Crippen LogP contribution in [0.15, 0.2) is 40.9 Å². The average molecular weight is 394 g/mol. The molecule has 4 nitrogen and oxygen atoms in total. The first-order chi connectivity index (χ1) is 11.6. The van der Waals surface area contributed by atoms with Gasteiger partial charge in [-0.15, -0.1) is 0 Å². The summed E-state index contributed by atoms with van der Waals surface area (Å²) in [6, 6.07) is 12.4. The minimum Gasteiger partial charge on any atom is -0.493 e. The van der Waals surface area contributed by atoms with Crippen LogP contribution in [0.2, 0.25) is 0 Å². The molecule has 2 aromatic rings. The largest absolute Gasteiger partial charge is 0.493 e. The third-order valence-corrected chi connectivity index (χ3v) is 4.19. The van der Waals surface area contributed by atoms with Gasteiger partial charge in [-0.05, 0) is 46.1 Å². The van der Waals surface area contributed by atoms with Gasteiger partial charge in [-0.25, -0.2) is 0 Å². The number of aryl methyl sites for hydroxylation is 1. The highest BCUT2D eigenvalue weighted by atomic mass is 79.9. The summed E-state index contributed by atoms with van der Waals surface area (Å²) < 4.78 is 17.4. The summed E-state index contributed by atoms with van der Waals surface area (Å²) >= 11 is 3.59. The van der Waals surface area contributed by atoms with E-state index in [-0.39, 0.29) is 0 Å². The van der Waals surface area contributed by atoms with E-state index in [9.17, 15) is 0 Å². The quantitative estimate of drug-likeness (QED) is 0.651. The maximum Gasteiger partial charge on any atom is 0.175 e. The lowest BCUT2D eigenvalue weighted by molar-refractivity contribution is 0.199. The van der Waals surface area contributed by atoms with Crippen molar-refractivity contribution in [3.8, 4) is 11.5 Å². The summed E-state index contributed by atoms with van der Waals surface area (Å²) in [7, 11) is 3.35. The first-order valence-electron chi connectivity index (χ1n) is 7.88. The zero-order chi connectivity index (χ0) is 17.4. The van der Waals surface area contributed by atoms with Crippen molar-refractivity contribution in [2.45, 2.75) is 20.1 Å². The van der Waals surface area contributed by atoms with Crippen molar-refractivity contribution in [2.24, 2.45) is 0 Å². The molecule has 0 aliphatic heterocycles. The van der Waals surface area contributed by atoms with E-state index in [2.05, 4.69) is 52.4 Å². The first kappa shape index (κ1) is 18.8. The van der Waals surface area contributed by atoms with Crippen LogP contribution in [0.3, 0.4) is 0 Å². The van der Waals surface area contributed by atoms with Crippen LogP contribution in [-0.4, -0.2) is 27.4 Å². The number of benzene rings is 2. The fraction of sp³-hybridized carbons (Fsp3) is 0.368. The second kappa shape index (κ2) is 9.67. The standard InChI is InChI=1S/C19H24BrNO3/c1-14-4-6-15(7-5-14)13-24-19-17(20)10-16(11-18(19)23-3)12-21-8-9-22-2/h4-7,10-11,21H,8-9,12-13H2,1-3H3. The van der Waals surface area contributed by atoms with Crippen LogP contribution >= 0.6 is 15.9 Å². The Balaban J connectivity index is 2.04. The molecule has 0 saturated heterocycles. The van der Waals surface area contributed by atoms with Gasteiger partial charge in [-0.3, -0.25) is 0 Å². The van der Waals surface area contributed by atoms with Gasteiger partial charge < -0.3 is 19.5 Å². The average Bonchev–Trinajstić information content (AvgIpc) is 2.59. The summed E-state index contributed by atoms with van der Waals surface area (Å²) in [5, 5.41) is 3.32. The third-order valence-electron chi connectivity index (χ3n) is 3.61. The van der Waals surface area contributed by atoms with Gasteiger partial charge >= 0.3 is 0 Å². The van der Waals surface area contributed by atoms with Crippen LogP contribution < -0.4 is 14.8 Å². The van der Waals surface area contributed by atoms with E-state index >= 15 is 0 Å². The lowest BCUT2D eigenvalue weighted by Gasteiger charge is -2.15. The molecule has 0 amide bonds. The Bertz CT molecular complexity index is 644. The number of rotatable bonds is 9. The van der Waals surface area contributed by atoms with Crippen molar-refractivity contribution in [1.82, 2.24) is 5.32 Å². The van der Waals surface area contributed by atoms with Gasteiger partial charge in [0.25, 0.3) is 0 Å². The summed E-state index contributed by atoms with van der Waals surface area (Å²) in [6.45, 7) is 4.82. The van der Waals surface area contributed by atoms with Gasteiger partial charge in [0.1, 0.15) is 6.61 Å². The Morgan fingerprint density at radius 3 is 2.46 bits per heavy atom. The van der Waals surface area contributed by atoms with Gasteiger partial charge in [0.05, 0.1) is 18.2 Å².